The molecule has 3 aromatic rings. The zero-order valence-corrected chi connectivity index (χ0v) is 29.0. The fraction of sp³-hybridized carbons (Fsp3) is 0.576. The minimum Gasteiger partial charge on any atom is -0.468 e. The molecule has 3 unspecified atom stereocenters. The highest BCUT2D eigenvalue weighted by Crippen LogP contribution is 2.45. The van der Waals surface area contributed by atoms with Gasteiger partial charge in [-0.3, -0.25) is 0 Å². The van der Waals surface area contributed by atoms with Crippen LogP contribution < -0.4 is 15.4 Å². The van der Waals surface area contributed by atoms with Gasteiger partial charge in [-0.2, -0.15) is 18.2 Å². The first-order valence-electron chi connectivity index (χ1n) is 15.8. The van der Waals surface area contributed by atoms with E-state index in [1.54, 1.807) is 32.6 Å². The van der Waals surface area contributed by atoms with Crippen LogP contribution in [0.1, 0.15) is 70.6 Å². The summed E-state index contributed by atoms with van der Waals surface area (Å²) in [7, 11) is 1.00. The van der Waals surface area contributed by atoms with Crippen LogP contribution in [0.3, 0.4) is 0 Å². The standard InChI is InChI=1S/C32H37F7N6O3.CH4O/c1-14-12-17(20(32(37,38)39)16(3)21(14)33)23-22(34)24-19(26(40)43-28(42-24)44-10-8-15(44)2)27(41-23)47-18(25(35)36)13-31(7)9-11-45(31)29(46)48-30(4,5)6;1-2/h12,15,18,25H,8-11,13H2,1-7H3,(H2,40,42,43);2H,1H3. The monoisotopic (exact) mass is 718 g/mol. The van der Waals surface area contributed by atoms with E-state index in [0.717, 1.165) is 26.5 Å². The van der Waals surface area contributed by atoms with Crippen LogP contribution in [0.25, 0.3) is 22.2 Å². The van der Waals surface area contributed by atoms with E-state index in [-0.39, 0.29) is 24.1 Å². The number of likely N-dealkylation sites (tertiary alicyclic amines) is 1. The number of pyridine rings is 1. The number of anilines is 2. The first-order chi connectivity index (χ1) is 23.1. The maximum absolute atomic E-state index is 16.5. The third-order valence-electron chi connectivity index (χ3n) is 8.89. The number of nitrogens with two attached hydrogens (primary N) is 1. The zero-order chi connectivity index (χ0) is 37.7. The molecule has 17 heteroatoms. The summed E-state index contributed by atoms with van der Waals surface area (Å²) in [5, 5.41) is 6.57. The molecule has 0 spiro atoms. The van der Waals surface area contributed by atoms with Crippen LogP contribution in [0.15, 0.2) is 6.07 Å². The molecule has 0 bridgehead atoms. The Labute approximate surface area is 284 Å². The number of ether oxygens (including phenoxy) is 2. The quantitative estimate of drug-likeness (QED) is 0.244. The van der Waals surface area contributed by atoms with E-state index in [2.05, 4.69) is 15.0 Å². The van der Waals surface area contributed by atoms with Crippen molar-refractivity contribution in [1.29, 1.82) is 0 Å². The van der Waals surface area contributed by atoms with Crippen molar-refractivity contribution in [2.75, 3.05) is 30.8 Å². The highest BCUT2D eigenvalue weighted by molar-refractivity contribution is 5.96. The number of benzene rings is 1. The lowest BCUT2D eigenvalue weighted by atomic mass is 9.82. The van der Waals surface area contributed by atoms with E-state index >= 15 is 4.39 Å². The first kappa shape index (κ1) is 38.6. The summed E-state index contributed by atoms with van der Waals surface area (Å²) in [6.07, 6.45) is -10.4. The molecule has 3 atom stereocenters. The van der Waals surface area contributed by atoms with Crippen LogP contribution in [0.2, 0.25) is 0 Å². The number of hydrogen-bond donors (Lipinski definition) is 2. The molecular formula is C33H41F7N6O4. The zero-order valence-electron chi connectivity index (χ0n) is 29.0. The predicted molar refractivity (Wildman–Crippen MR) is 172 cm³/mol. The maximum atomic E-state index is 16.5. The van der Waals surface area contributed by atoms with E-state index in [9.17, 15) is 31.1 Å². The van der Waals surface area contributed by atoms with Crippen molar-refractivity contribution in [3.8, 4) is 17.1 Å². The number of carbonyl (C=O) groups excluding carboxylic acids is 1. The molecule has 1 amide bonds. The summed E-state index contributed by atoms with van der Waals surface area (Å²) in [6, 6.07) is 0.730. The van der Waals surface area contributed by atoms with Crippen LogP contribution in [0, 0.1) is 25.5 Å². The van der Waals surface area contributed by atoms with E-state index < -0.39 is 99.0 Å². The van der Waals surface area contributed by atoms with Gasteiger partial charge in [0.25, 0.3) is 6.43 Å². The number of aromatic nitrogens is 3. The summed E-state index contributed by atoms with van der Waals surface area (Å²) in [5.74, 6) is -3.67. The van der Waals surface area contributed by atoms with E-state index in [1.807, 2.05) is 6.92 Å². The smallest absolute Gasteiger partial charge is 0.417 e. The van der Waals surface area contributed by atoms with Gasteiger partial charge in [0.05, 0.1) is 5.56 Å². The Hall–Kier alpha value is -4.15. The van der Waals surface area contributed by atoms with Gasteiger partial charge in [-0.1, -0.05) is 0 Å². The minimum atomic E-state index is -5.16. The van der Waals surface area contributed by atoms with Gasteiger partial charge in [-0.25, -0.2) is 32.3 Å². The number of alkyl halides is 5. The van der Waals surface area contributed by atoms with Crippen molar-refractivity contribution in [3.05, 3.63) is 34.4 Å². The molecule has 1 aromatic carbocycles. The Morgan fingerprint density at radius 1 is 1.10 bits per heavy atom. The normalized spacial score (nSPS) is 19.8. The molecule has 2 aliphatic heterocycles. The van der Waals surface area contributed by atoms with Gasteiger partial charge in [0.2, 0.25) is 11.8 Å². The predicted octanol–water partition coefficient (Wildman–Crippen LogP) is 7.20. The van der Waals surface area contributed by atoms with Gasteiger partial charge in [-0.15, -0.1) is 0 Å². The fourth-order valence-electron chi connectivity index (χ4n) is 6.08. The van der Waals surface area contributed by atoms with E-state index in [0.29, 0.717) is 13.0 Å². The molecule has 2 aliphatic rings. The van der Waals surface area contributed by atoms with Crippen molar-refractivity contribution >= 4 is 28.8 Å². The number of nitrogen functional groups attached to an aromatic ring is 1. The van der Waals surface area contributed by atoms with Gasteiger partial charge in [-0.05, 0) is 78.5 Å². The minimum absolute atomic E-state index is 0.0244. The van der Waals surface area contributed by atoms with Crippen molar-refractivity contribution in [2.24, 2.45) is 0 Å². The molecule has 5 rings (SSSR count). The van der Waals surface area contributed by atoms with Crippen LogP contribution >= 0.6 is 0 Å². The molecule has 2 fully saturated rings. The van der Waals surface area contributed by atoms with Crippen LogP contribution in [-0.2, 0) is 10.9 Å². The summed E-state index contributed by atoms with van der Waals surface area (Å²) < 4.78 is 115. The van der Waals surface area contributed by atoms with Gasteiger partial charge in [0, 0.05) is 43.8 Å². The number of aliphatic hydroxyl groups is 1. The van der Waals surface area contributed by atoms with Gasteiger partial charge < -0.3 is 30.1 Å². The second-order valence-electron chi connectivity index (χ2n) is 13.7. The van der Waals surface area contributed by atoms with Crippen LogP contribution in [-0.4, -0.2) is 81.0 Å². The Morgan fingerprint density at radius 2 is 1.74 bits per heavy atom. The van der Waals surface area contributed by atoms with E-state index in [4.69, 9.17) is 20.3 Å². The highest BCUT2D eigenvalue weighted by atomic mass is 19.4. The number of rotatable bonds is 7. The molecule has 3 N–H and O–H groups in total. The number of halogens is 7. The number of aliphatic hydroxyl groups excluding tert-OH is 1. The summed E-state index contributed by atoms with van der Waals surface area (Å²) >= 11 is 0. The Balaban J connectivity index is 0.00000276. The molecule has 276 valence electrons. The first-order valence-corrected chi connectivity index (χ1v) is 15.8. The number of amides is 1. The number of aryl methyl sites for hydroxylation is 1. The fourth-order valence-corrected chi connectivity index (χ4v) is 6.08. The van der Waals surface area contributed by atoms with Crippen molar-refractivity contribution in [2.45, 2.75) is 104 Å². The van der Waals surface area contributed by atoms with Crippen LogP contribution in [0.4, 0.5) is 47.3 Å². The topological polar surface area (TPSA) is 127 Å². The lowest BCUT2D eigenvalue weighted by Crippen LogP contribution is -2.63. The Morgan fingerprint density at radius 3 is 2.22 bits per heavy atom. The number of hydrogen-bond acceptors (Lipinski definition) is 9. The number of fused-ring (bicyclic) bond motifs is 1. The molecular weight excluding hydrogens is 677 g/mol. The van der Waals surface area contributed by atoms with Gasteiger partial charge in [0.1, 0.15) is 33.8 Å². The lowest BCUT2D eigenvalue weighted by Gasteiger charge is -2.51. The lowest BCUT2D eigenvalue weighted by molar-refractivity contribution is -0.137. The largest absolute Gasteiger partial charge is 0.468 e. The molecule has 0 saturated carbocycles. The molecule has 0 aliphatic carbocycles. The second-order valence-corrected chi connectivity index (χ2v) is 13.7. The highest BCUT2D eigenvalue weighted by Gasteiger charge is 2.49. The summed E-state index contributed by atoms with van der Waals surface area (Å²) in [5.41, 5.74) is -0.704. The number of carbonyl (C=O) groups is 1. The molecule has 50 heavy (non-hydrogen) atoms. The average molecular weight is 719 g/mol. The third-order valence-corrected chi connectivity index (χ3v) is 8.89. The van der Waals surface area contributed by atoms with Gasteiger partial charge >= 0.3 is 12.3 Å². The van der Waals surface area contributed by atoms with Crippen LogP contribution in [0.5, 0.6) is 5.88 Å². The molecule has 2 saturated heterocycles. The average Bonchev–Trinajstić information content (AvgIpc) is 2.98. The molecule has 4 heterocycles. The Kier molecular flexibility index (Phi) is 10.7. The molecule has 0 radical (unpaired) electrons. The van der Waals surface area contributed by atoms with E-state index in [1.165, 1.54) is 11.8 Å². The van der Waals surface area contributed by atoms with Crippen molar-refractivity contribution in [3.63, 3.8) is 0 Å². The molecule has 2 aromatic heterocycles. The third kappa shape index (κ3) is 7.32. The Bertz CT molecular complexity index is 1770. The number of nitrogens with zero attached hydrogens (tertiary/aromatic N) is 5. The summed E-state index contributed by atoms with van der Waals surface area (Å²) in [6.45, 7) is 11.2. The maximum Gasteiger partial charge on any atom is 0.417 e. The summed E-state index contributed by atoms with van der Waals surface area (Å²) in [4.78, 5) is 28.3. The van der Waals surface area contributed by atoms with Crippen molar-refractivity contribution in [1.82, 2.24) is 19.9 Å². The molecule has 10 nitrogen and oxygen atoms in total. The SMILES string of the molecule is CO.Cc1cc(-c2nc(OC(CC3(C)CCN3C(=O)OC(C)(C)C)C(F)F)c3c(N)nc(N4CCC4C)nc3c2F)c(C(F)(F)F)c(C)c1F. The second kappa shape index (κ2) is 13.9. The van der Waals surface area contributed by atoms with Crippen molar-refractivity contribution < 1.29 is 50.1 Å². The van der Waals surface area contributed by atoms with Gasteiger partial charge in [0.15, 0.2) is 11.9 Å².